The molecule has 32 heavy (non-hydrogen) atoms. The van der Waals surface area contributed by atoms with E-state index in [0.29, 0.717) is 31.5 Å². The lowest BCUT2D eigenvalue weighted by atomic mass is 9.97. The summed E-state index contributed by atoms with van der Waals surface area (Å²) in [4.78, 5) is 12.5. The summed E-state index contributed by atoms with van der Waals surface area (Å²) < 4.78 is 67.0. The molecule has 11 heteroatoms. The molecule has 0 unspecified atom stereocenters. The van der Waals surface area contributed by atoms with Gasteiger partial charge in [0.1, 0.15) is 5.82 Å². The van der Waals surface area contributed by atoms with Gasteiger partial charge in [-0.15, -0.1) is 0 Å². The molecule has 0 spiro atoms. The molecule has 0 aliphatic carbocycles. The summed E-state index contributed by atoms with van der Waals surface area (Å²) in [7, 11) is -7.49. The largest absolute Gasteiger partial charge is 0.326 e. The van der Waals surface area contributed by atoms with Gasteiger partial charge in [0.15, 0.2) is 0 Å². The topological polar surface area (TPSA) is 113 Å². The second-order valence-electron chi connectivity index (χ2n) is 7.54. The number of carbonyl (C=O) groups excluding carboxylic acids is 1. The SMILES string of the molecule is CCCNS(=O)(=O)c1ccc(S(=O)(=O)N2CCC(C(=O)Nc3ccc(F)cc3)CC2)cc1. The van der Waals surface area contributed by atoms with Gasteiger partial charge in [0, 0.05) is 31.2 Å². The second kappa shape index (κ2) is 10.1. The Morgan fingerprint density at radius 2 is 1.53 bits per heavy atom. The molecule has 1 fully saturated rings. The molecule has 1 aliphatic heterocycles. The fourth-order valence-electron chi connectivity index (χ4n) is 3.40. The minimum Gasteiger partial charge on any atom is -0.326 e. The van der Waals surface area contributed by atoms with Crippen molar-refractivity contribution in [3.05, 3.63) is 54.3 Å². The maximum Gasteiger partial charge on any atom is 0.243 e. The summed E-state index contributed by atoms with van der Waals surface area (Å²) in [6.45, 7) is 2.48. The number of amides is 1. The molecule has 2 aromatic carbocycles. The number of carbonyl (C=O) groups is 1. The van der Waals surface area contributed by atoms with Crippen LogP contribution in [0.3, 0.4) is 0 Å². The average Bonchev–Trinajstić information content (AvgIpc) is 2.79. The Kier molecular flexibility index (Phi) is 7.65. The van der Waals surface area contributed by atoms with Crippen LogP contribution in [0.5, 0.6) is 0 Å². The number of anilines is 1. The van der Waals surface area contributed by atoms with Crippen molar-refractivity contribution >= 4 is 31.6 Å². The highest BCUT2D eigenvalue weighted by Gasteiger charge is 2.32. The number of hydrogen-bond donors (Lipinski definition) is 2. The highest BCUT2D eigenvalue weighted by Crippen LogP contribution is 2.25. The van der Waals surface area contributed by atoms with Crippen LogP contribution in [-0.4, -0.2) is 46.7 Å². The Hall–Kier alpha value is -2.34. The summed E-state index contributed by atoms with van der Waals surface area (Å²) in [5.41, 5.74) is 0.481. The first-order valence-electron chi connectivity index (χ1n) is 10.3. The van der Waals surface area contributed by atoms with Crippen molar-refractivity contribution < 1.29 is 26.0 Å². The molecular weight excluding hydrogens is 457 g/mol. The first kappa shape index (κ1) is 24.3. The van der Waals surface area contributed by atoms with Crippen molar-refractivity contribution in [2.24, 2.45) is 5.92 Å². The van der Waals surface area contributed by atoms with Crippen LogP contribution < -0.4 is 10.0 Å². The second-order valence-corrected chi connectivity index (χ2v) is 11.2. The van der Waals surface area contributed by atoms with Crippen LogP contribution in [0.1, 0.15) is 26.2 Å². The van der Waals surface area contributed by atoms with Crippen LogP contribution in [-0.2, 0) is 24.8 Å². The van der Waals surface area contributed by atoms with Crippen LogP contribution in [0, 0.1) is 11.7 Å². The zero-order valence-electron chi connectivity index (χ0n) is 17.6. The lowest BCUT2D eigenvalue weighted by Crippen LogP contribution is -2.41. The van der Waals surface area contributed by atoms with E-state index >= 15 is 0 Å². The van der Waals surface area contributed by atoms with Gasteiger partial charge in [-0.25, -0.2) is 25.9 Å². The standard InChI is InChI=1S/C21H26FN3O5S2/c1-2-13-23-31(27,28)19-7-9-20(10-8-19)32(29,30)25-14-11-16(12-15-25)21(26)24-18-5-3-17(22)4-6-18/h3-10,16,23H,2,11-15H2,1H3,(H,24,26). The van der Waals surface area contributed by atoms with Crippen LogP contribution in [0.2, 0.25) is 0 Å². The molecule has 1 saturated heterocycles. The van der Waals surface area contributed by atoms with Crippen molar-refractivity contribution in [3.8, 4) is 0 Å². The first-order valence-corrected chi connectivity index (χ1v) is 13.2. The Morgan fingerprint density at radius 3 is 2.09 bits per heavy atom. The molecule has 0 atom stereocenters. The molecule has 1 aliphatic rings. The van der Waals surface area contributed by atoms with Gasteiger partial charge in [-0.05, 0) is 67.8 Å². The molecule has 0 bridgehead atoms. The number of hydrogen-bond acceptors (Lipinski definition) is 5. The number of rotatable bonds is 8. The maximum absolute atomic E-state index is 13.0. The molecule has 1 heterocycles. The lowest BCUT2D eigenvalue weighted by Gasteiger charge is -2.30. The van der Waals surface area contributed by atoms with Gasteiger partial charge in [0.25, 0.3) is 0 Å². The lowest BCUT2D eigenvalue weighted by molar-refractivity contribution is -0.120. The van der Waals surface area contributed by atoms with Crippen LogP contribution >= 0.6 is 0 Å². The van der Waals surface area contributed by atoms with Crippen LogP contribution in [0.25, 0.3) is 0 Å². The van der Waals surface area contributed by atoms with Crippen LogP contribution in [0.15, 0.2) is 58.3 Å². The third-order valence-corrected chi connectivity index (χ3v) is 8.64. The molecule has 174 valence electrons. The smallest absolute Gasteiger partial charge is 0.243 e. The van der Waals surface area contributed by atoms with Gasteiger partial charge in [0.2, 0.25) is 26.0 Å². The highest BCUT2D eigenvalue weighted by atomic mass is 32.2. The number of benzene rings is 2. The number of piperidine rings is 1. The van der Waals surface area contributed by atoms with Crippen molar-refractivity contribution in [3.63, 3.8) is 0 Å². The quantitative estimate of drug-likeness (QED) is 0.599. The fraction of sp³-hybridized carbons (Fsp3) is 0.381. The van der Waals surface area contributed by atoms with Crippen molar-refractivity contribution in [1.29, 1.82) is 0 Å². The van der Waals surface area contributed by atoms with Gasteiger partial charge in [-0.1, -0.05) is 6.92 Å². The average molecular weight is 484 g/mol. The predicted molar refractivity (Wildman–Crippen MR) is 118 cm³/mol. The number of nitrogens with zero attached hydrogens (tertiary/aromatic N) is 1. The highest BCUT2D eigenvalue weighted by molar-refractivity contribution is 7.89. The van der Waals surface area contributed by atoms with E-state index in [-0.39, 0.29) is 34.7 Å². The molecule has 2 aromatic rings. The number of halogens is 1. The Labute approximate surface area is 187 Å². The van der Waals surface area contributed by atoms with E-state index in [0.717, 1.165) is 0 Å². The van der Waals surface area contributed by atoms with E-state index in [4.69, 9.17) is 0 Å². The minimum atomic E-state index is -3.81. The number of sulfonamides is 2. The summed E-state index contributed by atoms with van der Waals surface area (Å²) >= 11 is 0. The summed E-state index contributed by atoms with van der Waals surface area (Å²) in [5, 5.41) is 2.72. The van der Waals surface area contributed by atoms with Gasteiger partial charge in [-0.3, -0.25) is 4.79 Å². The third-order valence-electron chi connectivity index (χ3n) is 5.25. The van der Waals surface area contributed by atoms with E-state index < -0.39 is 25.9 Å². The van der Waals surface area contributed by atoms with E-state index in [2.05, 4.69) is 10.0 Å². The summed E-state index contributed by atoms with van der Waals surface area (Å²) in [6.07, 6.45) is 1.34. The first-order chi connectivity index (χ1) is 15.1. The Bertz CT molecular complexity index is 1140. The van der Waals surface area contributed by atoms with E-state index in [1.807, 2.05) is 6.92 Å². The molecular formula is C21H26FN3O5S2. The normalized spacial score (nSPS) is 16.1. The zero-order chi connectivity index (χ0) is 23.4. The Morgan fingerprint density at radius 1 is 0.969 bits per heavy atom. The van der Waals surface area contributed by atoms with Crippen molar-refractivity contribution in [1.82, 2.24) is 9.03 Å². The fourth-order valence-corrected chi connectivity index (χ4v) is 6.00. The molecule has 0 saturated carbocycles. The maximum atomic E-state index is 13.0. The molecule has 8 nitrogen and oxygen atoms in total. The van der Waals surface area contributed by atoms with E-state index in [1.54, 1.807) is 0 Å². The summed E-state index contributed by atoms with van der Waals surface area (Å²) in [5.74, 6) is -0.990. The molecule has 0 radical (unpaired) electrons. The van der Waals surface area contributed by atoms with Crippen molar-refractivity contribution in [2.75, 3.05) is 25.0 Å². The van der Waals surface area contributed by atoms with Gasteiger partial charge in [-0.2, -0.15) is 4.31 Å². The molecule has 1 amide bonds. The van der Waals surface area contributed by atoms with Gasteiger partial charge < -0.3 is 5.32 Å². The van der Waals surface area contributed by atoms with Gasteiger partial charge in [0.05, 0.1) is 9.79 Å². The zero-order valence-corrected chi connectivity index (χ0v) is 19.3. The van der Waals surface area contributed by atoms with Crippen molar-refractivity contribution in [2.45, 2.75) is 36.0 Å². The molecule has 3 rings (SSSR count). The summed E-state index contributed by atoms with van der Waals surface area (Å²) in [6, 6.07) is 10.5. The number of nitrogens with one attached hydrogen (secondary N) is 2. The predicted octanol–water partition coefficient (Wildman–Crippen LogP) is 2.55. The van der Waals surface area contributed by atoms with Crippen LogP contribution in [0.4, 0.5) is 10.1 Å². The third kappa shape index (κ3) is 5.71. The van der Waals surface area contributed by atoms with E-state index in [1.165, 1.54) is 52.8 Å². The van der Waals surface area contributed by atoms with E-state index in [9.17, 15) is 26.0 Å². The Balaban J connectivity index is 1.61. The monoisotopic (exact) mass is 483 g/mol. The minimum absolute atomic E-state index is 0.000993. The van der Waals surface area contributed by atoms with Gasteiger partial charge >= 0.3 is 0 Å². The molecule has 0 aromatic heterocycles. The molecule has 2 N–H and O–H groups in total.